The first-order valence-corrected chi connectivity index (χ1v) is 8.89. The highest BCUT2D eigenvalue weighted by Gasteiger charge is 2.20. The molecule has 0 aromatic heterocycles. The fraction of sp³-hybridized carbons (Fsp3) is 0.700. The van der Waals surface area contributed by atoms with Gasteiger partial charge in [-0.15, -0.1) is 0 Å². The van der Waals surface area contributed by atoms with E-state index in [4.69, 9.17) is 0 Å². The van der Waals surface area contributed by atoms with Gasteiger partial charge in [-0.1, -0.05) is 69.4 Å². The summed E-state index contributed by atoms with van der Waals surface area (Å²) in [5, 5.41) is 3.69. The summed E-state index contributed by atoms with van der Waals surface area (Å²) in [6.45, 7) is 9.08. The SMILES string of the molecule is Cc1ccc(CC(CNCC(C)C)CC2CCCC2)cc1. The Morgan fingerprint density at radius 3 is 2.33 bits per heavy atom. The van der Waals surface area contributed by atoms with E-state index >= 15 is 0 Å². The zero-order valence-electron chi connectivity index (χ0n) is 14.2. The van der Waals surface area contributed by atoms with Gasteiger partial charge in [0.15, 0.2) is 0 Å². The lowest BCUT2D eigenvalue weighted by molar-refractivity contribution is 0.351. The zero-order valence-corrected chi connectivity index (χ0v) is 14.2. The molecule has 0 radical (unpaired) electrons. The summed E-state index contributed by atoms with van der Waals surface area (Å²) >= 11 is 0. The molecule has 1 aromatic carbocycles. The van der Waals surface area contributed by atoms with Crippen molar-refractivity contribution in [3.8, 4) is 0 Å². The van der Waals surface area contributed by atoms with Crippen LogP contribution in [-0.2, 0) is 6.42 Å². The van der Waals surface area contributed by atoms with Gasteiger partial charge in [-0.25, -0.2) is 0 Å². The maximum absolute atomic E-state index is 3.69. The summed E-state index contributed by atoms with van der Waals surface area (Å²) < 4.78 is 0. The summed E-state index contributed by atoms with van der Waals surface area (Å²) in [6.07, 6.45) is 8.51. The molecule has 1 aliphatic carbocycles. The van der Waals surface area contributed by atoms with Gasteiger partial charge in [0.1, 0.15) is 0 Å². The molecule has 1 saturated carbocycles. The van der Waals surface area contributed by atoms with Crippen LogP contribution in [0.5, 0.6) is 0 Å². The number of hydrogen-bond donors (Lipinski definition) is 1. The van der Waals surface area contributed by atoms with Crippen molar-refractivity contribution in [3.63, 3.8) is 0 Å². The second-order valence-electron chi connectivity index (χ2n) is 7.49. The Morgan fingerprint density at radius 1 is 1.05 bits per heavy atom. The molecule has 1 atom stereocenters. The van der Waals surface area contributed by atoms with Gasteiger partial charge in [0.2, 0.25) is 0 Å². The Hall–Kier alpha value is -0.820. The average Bonchev–Trinajstić information content (AvgIpc) is 2.94. The quantitative estimate of drug-likeness (QED) is 0.711. The molecular formula is C20H33N. The highest BCUT2D eigenvalue weighted by Crippen LogP contribution is 2.31. The van der Waals surface area contributed by atoms with Crippen LogP contribution in [0.3, 0.4) is 0 Å². The van der Waals surface area contributed by atoms with Crippen LogP contribution >= 0.6 is 0 Å². The maximum Gasteiger partial charge on any atom is -0.00171 e. The van der Waals surface area contributed by atoms with E-state index < -0.39 is 0 Å². The molecule has 0 aliphatic heterocycles. The minimum atomic E-state index is 0.747. The Balaban J connectivity index is 1.88. The average molecular weight is 287 g/mol. The Kier molecular flexibility index (Phi) is 6.76. The predicted molar refractivity (Wildman–Crippen MR) is 92.7 cm³/mol. The molecule has 0 heterocycles. The highest BCUT2D eigenvalue weighted by atomic mass is 14.9. The number of aryl methyl sites for hydroxylation is 1. The van der Waals surface area contributed by atoms with Crippen LogP contribution in [0, 0.1) is 24.7 Å². The molecule has 1 aliphatic rings. The van der Waals surface area contributed by atoms with Gasteiger partial charge < -0.3 is 5.32 Å². The highest BCUT2D eigenvalue weighted by molar-refractivity contribution is 5.21. The molecule has 1 aromatic rings. The van der Waals surface area contributed by atoms with Crippen molar-refractivity contribution in [3.05, 3.63) is 35.4 Å². The number of nitrogens with one attached hydrogen (secondary N) is 1. The maximum atomic E-state index is 3.69. The summed E-state index contributed by atoms with van der Waals surface area (Å²) in [4.78, 5) is 0. The van der Waals surface area contributed by atoms with Crippen molar-refractivity contribution >= 4 is 0 Å². The monoisotopic (exact) mass is 287 g/mol. The Morgan fingerprint density at radius 2 is 1.71 bits per heavy atom. The number of benzene rings is 1. The third-order valence-electron chi connectivity index (χ3n) is 4.77. The third-order valence-corrected chi connectivity index (χ3v) is 4.77. The van der Waals surface area contributed by atoms with Crippen molar-refractivity contribution < 1.29 is 0 Å². The van der Waals surface area contributed by atoms with Crippen molar-refractivity contribution in [2.45, 2.75) is 59.3 Å². The minimum absolute atomic E-state index is 0.747. The molecule has 2 rings (SSSR count). The molecule has 1 unspecified atom stereocenters. The van der Waals surface area contributed by atoms with Crippen LogP contribution in [0.1, 0.15) is 57.1 Å². The van der Waals surface area contributed by atoms with E-state index in [1.807, 2.05) is 0 Å². The first-order valence-electron chi connectivity index (χ1n) is 8.89. The van der Waals surface area contributed by atoms with Gasteiger partial charge >= 0.3 is 0 Å². The van der Waals surface area contributed by atoms with E-state index in [2.05, 4.69) is 50.4 Å². The van der Waals surface area contributed by atoms with E-state index in [1.54, 1.807) is 0 Å². The summed E-state index contributed by atoms with van der Waals surface area (Å²) in [6, 6.07) is 9.14. The first-order chi connectivity index (χ1) is 10.1. The van der Waals surface area contributed by atoms with Crippen LogP contribution in [-0.4, -0.2) is 13.1 Å². The lowest BCUT2D eigenvalue weighted by Gasteiger charge is -2.22. The van der Waals surface area contributed by atoms with Crippen LogP contribution in [0.2, 0.25) is 0 Å². The lowest BCUT2D eigenvalue weighted by Crippen LogP contribution is -2.28. The number of rotatable bonds is 8. The second-order valence-corrected chi connectivity index (χ2v) is 7.49. The molecule has 21 heavy (non-hydrogen) atoms. The molecule has 0 amide bonds. The normalized spacial score (nSPS) is 17.5. The van der Waals surface area contributed by atoms with Crippen molar-refractivity contribution in [2.75, 3.05) is 13.1 Å². The minimum Gasteiger partial charge on any atom is -0.316 e. The summed E-state index contributed by atoms with van der Waals surface area (Å²) in [7, 11) is 0. The second kappa shape index (κ2) is 8.58. The van der Waals surface area contributed by atoms with E-state index in [1.165, 1.54) is 56.2 Å². The predicted octanol–water partition coefficient (Wildman–Crippen LogP) is 4.98. The van der Waals surface area contributed by atoms with Gasteiger partial charge in [-0.2, -0.15) is 0 Å². The molecule has 0 spiro atoms. The topological polar surface area (TPSA) is 12.0 Å². The molecular weight excluding hydrogens is 254 g/mol. The van der Waals surface area contributed by atoms with Gasteiger partial charge in [-0.3, -0.25) is 0 Å². The molecule has 1 fully saturated rings. The third kappa shape index (κ3) is 6.22. The van der Waals surface area contributed by atoms with Crippen molar-refractivity contribution in [1.29, 1.82) is 0 Å². The zero-order chi connectivity index (χ0) is 15.1. The van der Waals surface area contributed by atoms with E-state index in [-0.39, 0.29) is 0 Å². The fourth-order valence-corrected chi connectivity index (χ4v) is 3.59. The molecule has 1 N–H and O–H groups in total. The largest absolute Gasteiger partial charge is 0.316 e. The molecule has 1 heteroatoms. The van der Waals surface area contributed by atoms with Gasteiger partial charge in [-0.05, 0) is 56.2 Å². The summed E-state index contributed by atoms with van der Waals surface area (Å²) in [5.41, 5.74) is 2.87. The molecule has 1 nitrogen and oxygen atoms in total. The summed E-state index contributed by atoms with van der Waals surface area (Å²) in [5.74, 6) is 2.53. The van der Waals surface area contributed by atoms with E-state index in [9.17, 15) is 0 Å². The van der Waals surface area contributed by atoms with Gasteiger partial charge in [0.05, 0.1) is 0 Å². The van der Waals surface area contributed by atoms with Crippen LogP contribution < -0.4 is 5.32 Å². The van der Waals surface area contributed by atoms with Crippen molar-refractivity contribution in [2.24, 2.45) is 17.8 Å². The number of hydrogen-bond acceptors (Lipinski definition) is 1. The molecule has 0 bridgehead atoms. The Labute approximate surface area is 131 Å². The smallest absolute Gasteiger partial charge is 0.00171 e. The molecule has 0 saturated heterocycles. The molecule has 118 valence electrons. The van der Waals surface area contributed by atoms with Crippen molar-refractivity contribution in [1.82, 2.24) is 5.32 Å². The van der Waals surface area contributed by atoms with E-state index in [0.717, 1.165) is 24.3 Å². The Bertz CT molecular complexity index is 387. The first kappa shape index (κ1) is 16.5. The van der Waals surface area contributed by atoms with E-state index in [0.29, 0.717) is 0 Å². The van der Waals surface area contributed by atoms with Gasteiger partial charge in [0.25, 0.3) is 0 Å². The standard InChI is InChI=1S/C20H33N/c1-16(2)14-21-15-20(12-18-6-4-5-7-18)13-19-10-8-17(3)9-11-19/h8-11,16,18,20-21H,4-7,12-15H2,1-3H3. The lowest BCUT2D eigenvalue weighted by atomic mass is 9.88. The van der Waals surface area contributed by atoms with Crippen LogP contribution in [0.15, 0.2) is 24.3 Å². The van der Waals surface area contributed by atoms with Crippen LogP contribution in [0.25, 0.3) is 0 Å². The van der Waals surface area contributed by atoms with Crippen LogP contribution in [0.4, 0.5) is 0 Å². The van der Waals surface area contributed by atoms with Gasteiger partial charge in [0, 0.05) is 0 Å². The fourth-order valence-electron chi connectivity index (χ4n) is 3.59.